The van der Waals surface area contributed by atoms with Crippen LogP contribution in [0.3, 0.4) is 0 Å². The Kier molecular flexibility index (Phi) is 2.04. The number of likely N-dealkylation sites (N-methyl/N-ethyl adjacent to an activating group) is 1. The first-order valence-electron chi connectivity index (χ1n) is 3.00. The van der Waals surface area contributed by atoms with Crippen molar-refractivity contribution in [2.45, 2.75) is 0 Å². The van der Waals surface area contributed by atoms with Crippen LogP contribution in [0, 0.1) is 0 Å². The molecule has 4 nitrogen and oxygen atoms in total. The molecule has 10 heavy (non-hydrogen) atoms. The smallest absolute Gasteiger partial charge is 0.267 e. The molecule has 0 aromatic rings. The molecule has 4 heteroatoms. The lowest BCUT2D eigenvalue weighted by Gasteiger charge is -2.08. The molecule has 0 aliphatic carbocycles. The molecular weight excluding hydrogens is 130 g/mol. The van der Waals surface area contributed by atoms with Crippen LogP contribution in [0.2, 0.25) is 0 Å². The fourth-order valence-electron chi connectivity index (χ4n) is 0.660. The topological polar surface area (TPSA) is 53.5 Å². The van der Waals surface area contributed by atoms with Crippen LogP contribution in [0.4, 0.5) is 0 Å². The van der Waals surface area contributed by atoms with Gasteiger partial charge in [-0.3, -0.25) is 9.79 Å². The van der Waals surface area contributed by atoms with Gasteiger partial charge < -0.3 is 10.6 Å². The molecule has 0 spiro atoms. The second kappa shape index (κ2) is 3.00. The van der Waals surface area contributed by atoms with E-state index in [9.17, 15) is 4.79 Å². The van der Waals surface area contributed by atoms with Crippen LogP contribution >= 0.6 is 0 Å². The molecule has 0 saturated heterocycles. The zero-order chi connectivity index (χ0) is 7.40. The normalized spacial score (nSPS) is 15.5. The van der Waals surface area contributed by atoms with E-state index in [-0.39, 0.29) is 5.91 Å². The molecule has 0 aromatic heterocycles. The molecule has 0 unspecified atom stereocenters. The van der Waals surface area contributed by atoms with Crippen molar-refractivity contribution in [3.63, 3.8) is 0 Å². The van der Waals surface area contributed by atoms with E-state index in [2.05, 4.69) is 15.6 Å². The fourth-order valence-corrected chi connectivity index (χ4v) is 0.660. The minimum atomic E-state index is -0.105. The maximum atomic E-state index is 10.9. The number of carbonyl (C=O) groups is 1. The molecule has 1 heterocycles. The molecule has 0 bridgehead atoms. The number of nitrogens with zero attached hydrogens (tertiary/aromatic N) is 1. The van der Waals surface area contributed by atoms with Crippen LogP contribution in [0.15, 0.2) is 16.8 Å². The quantitative estimate of drug-likeness (QED) is 0.502. The second-order valence-corrected chi connectivity index (χ2v) is 1.83. The van der Waals surface area contributed by atoms with Gasteiger partial charge >= 0.3 is 0 Å². The summed E-state index contributed by atoms with van der Waals surface area (Å²) < 4.78 is 0. The summed E-state index contributed by atoms with van der Waals surface area (Å²) in [4.78, 5) is 14.7. The van der Waals surface area contributed by atoms with E-state index < -0.39 is 0 Å². The van der Waals surface area contributed by atoms with Crippen molar-refractivity contribution in [3.05, 3.63) is 11.8 Å². The maximum absolute atomic E-state index is 10.9. The van der Waals surface area contributed by atoms with E-state index >= 15 is 0 Å². The van der Waals surface area contributed by atoms with E-state index in [4.69, 9.17) is 0 Å². The highest BCUT2D eigenvalue weighted by atomic mass is 16.1. The van der Waals surface area contributed by atoms with Gasteiger partial charge in [0.15, 0.2) is 0 Å². The van der Waals surface area contributed by atoms with Gasteiger partial charge in [-0.2, -0.15) is 0 Å². The summed E-state index contributed by atoms with van der Waals surface area (Å²) in [6.45, 7) is 0.485. The maximum Gasteiger partial charge on any atom is 0.267 e. The Morgan fingerprint density at radius 2 is 2.70 bits per heavy atom. The number of carbonyl (C=O) groups excluding carboxylic acids is 1. The predicted molar refractivity (Wildman–Crippen MR) is 38.6 cm³/mol. The van der Waals surface area contributed by atoms with Gasteiger partial charge in [0, 0.05) is 13.3 Å². The Bertz CT molecular complexity index is 195. The molecule has 1 rings (SSSR count). The third kappa shape index (κ3) is 1.34. The summed E-state index contributed by atoms with van der Waals surface area (Å²) >= 11 is 0. The Hall–Kier alpha value is -1.32. The van der Waals surface area contributed by atoms with Crippen LogP contribution in [0.1, 0.15) is 0 Å². The first kappa shape index (κ1) is 6.80. The molecule has 0 saturated carbocycles. The number of allylic oxidation sites excluding steroid dienone is 1. The Morgan fingerprint density at radius 3 is 3.20 bits per heavy atom. The third-order valence-electron chi connectivity index (χ3n) is 1.18. The van der Waals surface area contributed by atoms with E-state index in [1.807, 2.05) is 0 Å². The summed E-state index contributed by atoms with van der Waals surface area (Å²) in [6.07, 6.45) is 3.25. The van der Waals surface area contributed by atoms with Crippen molar-refractivity contribution in [1.29, 1.82) is 0 Å². The van der Waals surface area contributed by atoms with Crippen molar-refractivity contribution in [3.8, 4) is 0 Å². The first-order chi connectivity index (χ1) is 4.84. The lowest BCUT2D eigenvalue weighted by Crippen LogP contribution is -2.30. The van der Waals surface area contributed by atoms with E-state index in [0.29, 0.717) is 12.4 Å². The Morgan fingerprint density at radius 1 is 1.90 bits per heavy atom. The average Bonchev–Trinajstić information content (AvgIpc) is 2.05. The summed E-state index contributed by atoms with van der Waals surface area (Å²) in [5.41, 5.74) is 0.567. The number of nitrogens with one attached hydrogen (secondary N) is 2. The van der Waals surface area contributed by atoms with Gasteiger partial charge in [-0.1, -0.05) is 0 Å². The monoisotopic (exact) mass is 139 g/mol. The van der Waals surface area contributed by atoms with E-state index in [0.717, 1.165) is 0 Å². The minimum Gasteiger partial charge on any atom is -0.362 e. The molecule has 54 valence electrons. The lowest BCUT2D eigenvalue weighted by atomic mass is 10.3. The number of rotatable bonds is 1. The second-order valence-electron chi connectivity index (χ2n) is 1.83. The number of hydrogen-bond acceptors (Lipinski definition) is 3. The molecule has 0 atom stereocenters. The lowest BCUT2D eigenvalue weighted by molar-refractivity contribution is -0.117. The minimum absolute atomic E-state index is 0.105. The summed E-state index contributed by atoms with van der Waals surface area (Å²) in [6, 6.07) is 0. The van der Waals surface area contributed by atoms with Crippen molar-refractivity contribution in [1.82, 2.24) is 10.6 Å². The van der Waals surface area contributed by atoms with Gasteiger partial charge in [-0.25, -0.2) is 0 Å². The molecule has 0 fully saturated rings. The SMILES string of the molecule is CNC(=O)C1=CC=NCN1. The highest BCUT2D eigenvalue weighted by molar-refractivity contribution is 5.97. The van der Waals surface area contributed by atoms with Gasteiger partial charge in [0.1, 0.15) is 12.4 Å². The molecule has 1 aliphatic rings. The largest absolute Gasteiger partial charge is 0.362 e. The van der Waals surface area contributed by atoms with Gasteiger partial charge in [-0.05, 0) is 6.08 Å². The Balaban J connectivity index is 2.62. The number of amides is 1. The van der Waals surface area contributed by atoms with Crippen LogP contribution in [0.5, 0.6) is 0 Å². The summed E-state index contributed by atoms with van der Waals surface area (Å²) in [5.74, 6) is -0.105. The van der Waals surface area contributed by atoms with Crippen LogP contribution in [-0.2, 0) is 4.79 Å². The van der Waals surface area contributed by atoms with Gasteiger partial charge in [0.05, 0.1) is 0 Å². The van der Waals surface area contributed by atoms with Crippen LogP contribution in [-0.4, -0.2) is 25.8 Å². The van der Waals surface area contributed by atoms with Crippen LogP contribution < -0.4 is 10.6 Å². The van der Waals surface area contributed by atoms with Gasteiger partial charge in [0.25, 0.3) is 5.91 Å². The zero-order valence-corrected chi connectivity index (χ0v) is 5.72. The highest BCUT2D eigenvalue weighted by Crippen LogP contribution is 1.90. The molecule has 1 aliphatic heterocycles. The van der Waals surface area contributed by atoms with Crippen LogP contribution in [0.25, 0.3) is 0 Å². The fraction of sp³-hybridized carbons (Fsp3) is 0.333. The van der Waals surface area contributed by atoms with E-state index in [1.54, 1.807) is 19.3 Å². The average molecular weight is 139 g/mol. The molecule has 2 N–H and O–H groups in total. The zero-order valence-electron chi connectivity index (χ0n) is 5.72. The van der Waals surface area contributed by atoms with Crippen molar-refractivity contribution < 1.29 is 4.79 Å². The predicted octanol–water partition coefficient (Wildman–Crippen LogP) is -0.752. The standard InChI is InChI=1S/C6H9N3O/c1-7-6(10)5-2-3-8-4-9-5/h2-3,9H,4H2,1H3,(H,7,10). The summed E-state index contributed by atoms with van der Waals surface area (Å²) in [7, 11) is 1.59. The third-order valence-corrected chi connectivity index (χ3v) is 1.18. The number of aliphatic imine (C=N–C) groups is 1. The van der Waals surface area contributed by atoms with Crippen molar-refractivity contribution in [2.75, 3.05) is 13.7 Å². The van der Waals surface area contributed by atoms with E-state index in [1.165, 1.54) is 0 Å². The highest BCUT2D eigenvalue weighted by Gasteiger charge is 2.05. The molecular formula is C6H9N3O. The Labute approximate surface area is 59.0 Å². The molecule has 0 aromatic carbocycles. The molecule has 1 amide bonds. The van der Waals surface area contributed by atoms with Gasteiger partial charge in [-0.15, -0.1) is 0 Å². The first-order valence-corrected chi connectivity index (χ1v) is 3.00. The van der Waals surface area contributed by atoms with Gasteiger partial charge in [0.2, 0.25) is 0 Å². The van der Waals surface area contributed by atoms with Crippen molar-refractivity contribution in [2.24, 2.45) is 4.99 Å². The summed E-state index contributed by atoms with van der Waals surface area (Å²) in [5, 5.41) is 5.32. The van der Waals surface area contributed by atoms with Crippen molar-refractivity contribution >= 4 is 12.1 Å². The number of hydrogen-bond donors (Lipinski definition) is 2. The molecule has 0 radical (unpaired) electrons.